The first-order valence-corrected chi connectivity index (χ1v) is 7.17. The van der Waals surface area contributed by atoms with Gasteiger partial charge in [0.1, 0.15) is 5.75 Å². The second kappa shape index (κ2) is 6.37. The maximum Gasteiger partial charge on any atom is 0.181 e. The second-order valence-corrected chi connectivity index (χ2v) is 5.81. The molecule has 1 saturated heterocycles. The van der Waals surface area contributed by atoms with Gasteiger partial charge in [-0.25, -0.2) is 0 Å². The molecule has 0 saturated carbocycles. The summed E-state index contributed by atoms with van der Waals surface area (Å²) in [4.78, 5) is 16.9. The summed E-state index contributed by atoms with van der Waals surface area (Å²) in [5, 5.41) is 0. The van der Waals surface area contributed by atoms with Gasteiger partial charge < -0.3 is 9.64 Å². The molecule has 0 bridgehead atoms. The molecule has 0 spiro atoms. The molecule has 4 nitrogen and oxygen atoms in total. The van der Waals surface area contributed by atoms with Crippen molar-refractivity contribution >= 4 is 5.78 Å². The number of carbonyl (C=O) groups is 1. The maximum atomic E-state index is 12.6. The van der Waals surface area contributed by atoms with Crippen LogP contribution in [0.2, 0.25) is 0 Å². The van der Waals surface area contributed by atoms with Crippen LogP contribution in [-0.2, 0) is 0 Å². The number of rotatable bonds is 4. The number of Topliss-reactive ketones (excluding diaryl/α,β-unsaturated/α-hetero) is 1. The Bertz CT molecular complexity index is 456. The number of piperazine rings is 1. The van der Waals surface area contributed by atoms with E-state index in [1.165, 1.54) is 0 Å². The third-order valence-electron chi connectivity index (χ3n) is 3.66. The number of likely N-dealkylation sites (N-methyl/N-ethyl adjacent to an activating group) is 2. The van der Waals surface area contributed by atoms with Crippen molar-refractivity contribution in [3.8, 4) is 5.75 Å². The monoisotopic (exact) mass is 276 g/mol. The minimum absolute atomic E-state index is 0.0504. The Hall–Kier alpha value is -1.39. The van der Waals surface area contributed by atoms with Crippen LogP contribution in [0.5, 0.6) is 5.75 Å². The first kappa shape index (κ1) is 15.0. The molecule has 1 fully saturated rings. The molecule has 1 atom stereocenters. The van der Waals surface area contributed by atoms with Gasteiger partial charge in [-0.05, 0) is 52.2 Å². The van der Waals surface area contributed by atoms with Gasteiger partial charge in [-0.2, -0.15) is 0 Å². The van der Waals surface area contributed by atoms with Gasteiger partial charge in [0, 0.05) is 25.2 Å². The van der Waals surface area contributed by atoms with Gasteiger partial charge in [0.2, 0.25) is 0 Å². The van der Waals surface area contributed by atoms with Gasteiger partial charge in [0.25, 0.3) is 0 Å². The average Bonchev–Trinajstić information content (AvgIpc) is 2.41. The van der Waals surface area contributed by atoms with Crippen LogP contribution in [-0.4, -0.2) is 61.5 Å². The summed E-state index contributed by atoms with van der Waals surface area (Å²) < 4.78 is 5.60. The Morgan fingerprint density at radius 3 is 2.45 bits per heavy atom. The van der Waals surface area contributed by atoms with Crippen LogP contribution in [0.1, 0.15) is 24.2 Å². The lowest BCUT2D eigenvalue weighted by Gasteiger charge is -2.36. The van der Waals surface area contributed by atoms with Crippen LogP contribution in [0.4, 0.5) is 0 Å². The fraction of sp³-hybridized carbons (Fsp3) is 0.562. The van der Waals surface area contributed by atoms with Crippen LogP contribution < -0.4 is 4.74 Å². The molecule has 2 rings (SSSR count). The van der Waals surface area contributed by atoms with Crippen LogP contribution >= 0.6 is 0 Å². The minimum Gasteiger partial charge on any atom is -0.491 e. The highest BCUT2D eigenvalue weighted by molar-refractivity contribution is 6.00. The standard InChI is InChI=1S/C16H24N2O2/c1-12(2)20-14-7-5-13(6-8-14)16(19)15-11-17(3)9-10-18(15)4/h5-8,12,15H,9-11H2,1-4H3. The molecule has 1 aromatic carbocycles. The van der Waals surface area contributed by atoms with Gasteiger partial charge >= 0.3 is 0 Å². The quantitative estimate of drug-likeness (QED) is 0.786. The summed E-state index contributed by atoms with van der Waals surface area (Å²) >= 11 is 0. The van der Waals surface area contributed by atoms with Crippen molar-refractivity contribution in [3.05, 3.63) is 29.8 Å². The Morgan fingerprint density at radius 1 is 1.20 bits per heavy atom. The molecule has 0 aliphatic carbocycles. The first-order chi connectivity index (χ1) is 9.47. The van der Waals surface area contributed by atoms with Crippen molar-refractivity contribution in [2.24, 2.45) is 0 Å². The van der Waals surface area contributed by atoms with Crippen molar-refractivity contribution in [2.45, 2.75) is 26.0 Å². The van der Waals surface area contributed by atoms with E-state index in [2.05, 4.69) is 16.8 Å². The van der Waals surface area contributed by atoms with E-state index in [1.807, 2.05) is 45.2 Å². The van der Waals surface area contributed by atoms with Crippen LogP contribution in [0, 0.1) is 0 Å². The van der Waals surface area contributed by atoms with E-state index in [0.717, 1.165) is 30.9 Å². The average molecular weight is 276 g/mol. The first-order valence-electron chi connectivity index (χ1n) is 7.17. The fourth-order valence-corrected chi connectivity index (χ4v) is 2.46. The lowest BCUT2D eigenvalue weighted by Crippen LogP contribution is -2.53. The third kappa shape index (κ3) is 3.58. The summed E-state index contributed by atoms with van der Waals surface area (Å²) in [6, 6.07) is 7.43. The Balaban J connectivity index is 2.08. The molecular weight excluding hydrogens is 252 g/mol. The van der Waals surface area contributed by atoms with E-state index in [1.54, 1.807) is 0 Å². The topological polar surface area (TPSA) is 32.8 Å². The summed E-state index contributed by atoms with van der Waals surface area (Å²) in [6.07, 6.45) is 0.148. The van der Waals surface area contributed by atoms with Gasteiger partial charge in [-0.1, -0.05) is 0 Å². The highest BCUT2D eigenvalue weighted by atomic mass is 16.5. The molecule has 0 radical (unpaired) electrons. The number of carbonyl (C=O) groups excluding carboxylic acids is 1. The molecule has 1 unspecified atom stereocenters. The third-order valence-corrected chi connectivity index (χ3v) is 3.66. The molecule has 0 aromatic heterocycles. The number of hydrogen-bond donors (Lipinski definition) is 0. The summed E-state index contributed by atoms with van der Waals surface area (Å²) in [5.74, 6) is 1.00. The number of hydrogen-bond acceptors (Lipinski definition) is 4. The predicted octanol–water partition coefficient (Wildman–Crippen LogP) is 1.90. The normalized spacial score (nSPS) is 21.1. The van der Waals surface area contributed by atoms with Crippen molar-refractivity contribution in [2.75, 3.05) is 33.7 Å². The van der Waals surface area contributed by atoms with E-state index in [9.17, 15) is 4.79 Å². The van der Waals surface area contributed by atoms with E-state index >= 15 is 0 Å². The van der Waals surface area contributed by atoms with Gasteiger partial charge in [0.15, 0.2) is 5.78 Å². The predicted molar refractivity (Wildman–Crippen MR) is 80.5 cm³/mol. The maximum absolute atomic E-state index is 12.6. The Kier molecular flexibility index (Phi) is 4.78. The van der Waals surface area contributed by atoms with Gasteiger partial charge in [0.05, 0.1) is 12.1 Å². The van der Waals surface area contributed by atoms with Crippen molar-refractivity contribution in [3.63, 3.8) is 0 Å². The Labute approximate surface area is 121 Å². The van der Waals surface area contributed by atoms with Gasteiger partial charge in [-0.3, -0.25) is 9.69 Å². The number of benzene rings is 1. The largest absolute Gasteiger partial charge is 0.491 e. The molecule has 20 heavy (non-hydrogen) atoms. The fourth-order valence-electron chi connectivity index (χ4n) is 2.46. The van der Waals surface area contributed by atoms with Crippen molar-refractivity contribution in [1.82, 2.24) is 9.80 Å². The van der Waals surface area contributed by atoms with Crippen LogP contribution in [0.3, 0.4) is 0 Å². The number of ether oxygens (including phenoxy) is 1. The molecule has 1 aromatic rings. The van der Waals surface area contributed by atoms with Crippen molar-refractivity contribution < 1.29 is 9.53 Å². The van der Waals surface area contributed by atoms with E-state index in [0.29, 0.717) is 0 Å². The van der Waals surface area contributed by atoms with Gasteiger partial charge in [-0.15, -0.1) is 0 Å². The highest BCUT2D eigenvalue weighted by Gasteiger charge is 2.29. The highest BCUT2D eigenvalue weighted by Crippen LogP contribution is 2.17. The molecule has 1 aliphatic heterocycles. The zero-order chi connectivity index (χ0) is 14.7. The lowest BCUT2D eigenvalue weighted by molar-refractivity contribution is 0.0686. The zero-order valence-corrected chi connectivity index (χ0v) is 12.8. The zero-order valence-electron chi connectivity index (χ0n) is 12.8. The van der Waals surface area contributed by atoms with Crippen molar-refractivity contribution in [1.29, 1.82) is 0 Å². The number of ketones is 1. The van der Waals surface area contributed by atoms with Crippen LogP contribution in [0.25, 0.3) is 0 Å². The second-order valence-electron chi connectivity index (χ2n) is 5.81. The lowest BCUT2D eigenvalue weighted by atomic mass is 10.0. The van der Waals surface area contributed by atoms with E-state index < -0.39 is 0 Å². The summed E-state index contributed by atoms with van der Waals surface area (Å²) in [6.45, 7) is 6.72. The molecule has 1 heterocycles. The molecule has 0 amide bonds. The van der Waals surface area contributed by atoms with E-state index in [4.69, 9.17) is 4.74 Å². The molecular formula is C16H24N2O2. The smallest absolute Gasteiger partial charge is 0.181 e. The summed E-state index contributed by atoms with van der Waals surface area (Å²) in [7, 11) is 4.08. The van der Waals surface area contributed by atoms with Crippen LogP contribution in [0.15, 0.2) is 24.3 Å². The summed E-state index contributed by atoms with van der Waals surface area (Å²) in [5.41, 5.74) is 0.758. The molecule has 4 heteroatoms. The molecule has 0 N–H and O–H groups in total. The minimum atomic E-state index is -0.0504. The number of nitrogens with zero attached hydrogens (tertiary/aromatic N) is 2. The Morgan fingerprint density at radius 2 is 1.85 bits per heavy atom. The van der Waals surface area contributed by atoms with E-state index in [-0.39, 0.29) is 17.9 Å². The molecule has 1 aliphatic rings. The molecule has 110 valence electrons. The SMILES string of the molecule is CC(C)Oc1ccc(C(=O)C2CN(C)CCN2C)cc1.